The van der Waals surface area contributed by atoms with Gasteiger partial charge in [0.05, 0.1) is 10.8 Å². The van der Waals surface area contributed by atoms with Crippen LogP contribution >= 0.6 is 0 Å². The van der Waals surface area contributed by atoms with Crippen LogP contribution in [0.3, 0.4) is 0 Å². The molecule has 0 saturated heterocycles. The largest absolute Gasteiger partial charge is 0.254 e. The number of aryl methyl sites for hydroxylation is 1. The molecule has 1 rings (SSSR count). The van der Waals surface area contributed by atoms with Crippen molar-refractivity contribution in [3.8, 4) is 0 Å². The van der Waals surface area contributed by atoms with Gasteiger partial charge in [-0.05, 0) is 25.5 Å². The van der Waals surface area contributed by atoms with E-state index in [0.29, 0.717) is 0 Å². The van der Waals surface area contributed by atoms with Crippen LogP contribution in [0.15, 0.2) is 29.2 Å². The first-order valence-electron chi connectivity index (χ1n) is 5.69. The van der Waals surface area contributed by atoms with Gasteiger partial charge in [0, 0.05) is 10.6 Å². The van der Waals surface area contributed by atoms with Gasteiger partial charge in [-0.3, -0.25) is 4.21 Å². The first-order chi connectivity index (χ1) is 7.24. The molecule has 1 nitrogen and oxygen atoms in total. The summed E-state index contributed by atoms with van der Waals surface area (Å²) in [5.74, 6) is 0.809. The molecule has 0 fully saturated rings. The average Bonchev–Trinajstić information content (AvgIpc) is 2.25. The zero-order chi connectivity index (χ0) is 11.1. The Hall–Kier alpha value is -0.630. The molecule has 0 bridgehead atoms. The fourth-order valence-electron chi connectivity index (χ4n) is 1.47. The molecular weight excluding hydrogens is 204 g/mol. The van der Waals surface area contributed by atoms with E-state index in [2.05, 4.69) is 6.92 Å². The molecule has 0 aliphatic carbocycles. The minimum atomic E-state index is -0.795. The van der Waals surface area contributed by atoms with Crippen molar-refractivity contribution in [3.05, 3.63) is 29.8 Å². The van der Waals surface area contributed by atoms with Crippen molar-refractivity contribution >= 4 is 10.8 Å². The number of benzene rings is 1. The molecular formula is C13H20OS. The third-order valence-corrected chi connectivity index (χ3v) is 3.92. The normalized spacial score (nSPS) is 12.7. The molecule has 1 atom stereocenters. The van der Waals surface area contributed by atoms with E-state index >= 15 is 0 Å². The van der Waals surface area contributed by atoms with E-state index in [1.807, 2.05) is 31.2 Å². The van der Waals surface area contributed by atoms with Gasteiger partial charge in [0.15, 0.2) is 0 Å². The lowest BCUT2D eigenvalue weighted by Crippen LogP contribution is -1.98. The number of rotatable bonds is 6. The van der Waals surface area contributed by atoms with Crippen LogP contribution in [0.1, 0.15) is 38.2 Å². The first kappa shape index (κ1) is 12.4. The number of unbranched alkanes of at least 4 members (excludes halogenated alkanes) is 3. The predicted molar refractivity (Wildman–Crippen MR) is 66.6 cm³/mol. The minimum Gasteiger partial charge on any atom is -0.254 e. The summed E-state index contributed by atoms with van der Waals surface area (Å²) in [7, 11) is -0.795. The summed E-state index contributed by atoms with van der Waals surface area (Å²) in [6.45, 7) is 4.24. The maximum absolute atomic E-state index is 11.8. The molecule has 0 aromatic heterocycles. The van der Waals surface area contributed by atoms with E-state index < -0.39 is 10.8 Å². The third kappa shape index (κ3) is 4.61. The van der Waals surface area contributed by atoms with Gasteiger partial charge in [-0.1, -0.05) is 43.9 Å². The van der Waals surface area contributed by atoms with Crippen LogP contribution in [-0.2, 0) is 10.8 Å². The average molecular weight is 224 g/mol. The second-order valence-electron chi connectivity index (χ2n) is 3.92. The zero-order valence-electron chi connectivity index (χ0n) is 9.66. The Morgan fingerprint density at radius 1 is 1.07 bits per heavy atom. The molecule has 0 aliphatic rings. The zero-order valence-corrected chi connectivity index (χ0v) is 10.5. The Labute approximate surface area is 95.4 Å². The number of hydrogen-bond acceptors (Lipinski definition) is 1. The van der Waals surface area contributed by atoms with E-state index in [1.165, 1.54) is 24.8 Å². The quantitative estimate of drug-likeness (QED) is 0.674. The second kappa shape index (κ2) is 6.78. The highest BCUT2D eigenvalue weighted by Crippen LogP contribution is 2.10. The van der Waals surface area contributed by atoms with Crippen LogP contribution < -0.4 is 0 Å². The van der Waals surface area contributed by atoms with Crippen LogP contribution in [-0.4, -0.2) is 9.96 Å². The molecule has 15 heavy (non-hydrogen) atoms. The SMILES string of the molecule is CCCCCCS(=O)c1ccc(C)cc1. The molecule has 0 saturated carbocycles. The highest BCUT2D eigenvalue weighted by atomic mass is 32.2. The topological polar surface area (TPSA) is 17.1 Å². The van der Waals surface area contributed by atoms with E-state index in [1.54, 1.807) is 0 Å². The van der Waals surface area contributed by atoms with E-state index in [4.69, 9.17) is 0 Å². The fourth-order valence-corrected chi connectivity index (χ4v) is 2.61. The molecule has 0 radical (unpaired) electrons. The summed E-state index contributed by atoms with van der Waals surface area (Å²) in [4.78, 5) is 0.970. The molecule has 0 amide bonds. The van der Waals surface area contributed by atoms with Gasteiger partial charge in [0.1, 0.15) is 0 Å². The van der Waals surface area contributed by atoms with Gasteiger partial charge in [0.25, 0.3) is 0 Å². The Morgan fingerprint density at radius 3 is 2.33 bits per heavy atom. The van der Waals surface area contributed by atoms with Crippen molar-refractivity contribution in [3.63, 3.8) is 0 Å². The van der Waals surface area contributed by atoms with Crippen molar-refractivity contribution < 1.29 is 4.21 Å². The molecule has 1 aromatic carbocycles. The van der Waals surface area contributed by atoms with Gasteiger partial charge in [0.2, 0.25) is 0 Å². The van der Waals surface area contributed by atoms with Crippen molar-refractivity contribution in [2.24, 2.45) is 0 Å². The van der Waals surface area contributed by atoms with Gasteiger partial charge in [-0.15, -0.1) is 0 Å². The van der Waals surface area contributed by atoms with Crippen LogP contribution in [0.5, 0.6) is 0 Å². The summed E-state index contributed by atoms with van der Waals surface area (Å²) in [5, 5.41) is 0. The summed E-state index contributed by atoms with van der Waals surface area (Å²) in [5.41, 5.74) is 1.22. The molecule has 0 N–H and O–H groups in total. The molecule has 0 aliphatic heterocycles. The standard InChI is InChI=1S/C13H20OS/c1-3-4-5-6-11-15(14)13-9-7-12(2)8-10-13/h7-10H,3-6,11H2,1-2H3. The summed E-state index contributed by atoms with van der Waals surface area (Å²) in [6, 6.07) is 8.01. The number of hydrogen-bond donors (Lipinski definition) is 0. The Kier molecular flexibility index (Phi) is 5.62. The lowest BCUT2D eigenvalue weighted by molar-refractivity contribution is 0.668. The Morgan fingerprint density at radius 2 is 1.73 bits per heavy atom. The van der Waals surface area contributed by atoms with Crippen molar-refractivity contribution in [1.29, 1.82) is 0 Å². The monoisotopic (exact) mass is 224 g/mol. The van der Waals surface area contributed by atoms with Crippen molar-refractivity contribution in [2.45, 2.75) is 44.4 Å². The summed E-state index contributed by atoms with van der Waals surface area (Å²) in [6.07, 6.45) is 4.77. The van der Waals surface area contributed by atoms with Gasteiger partial charge >= 0.3 is 0 Å². The smallest absolute Gasteiger partial charge is 0.0529 e. The maximum Gasteiger partial charge on any atom is 0.0529 e. The lowest BCUT2D eigenvalue weighted by atomic mass is 10.2. The Balaban J connectivity index is 2.37. The molecule has 1 unspecified atom stereocenters. The van der Waals surface area contributed by atoms with Crippen LogP contribution in [0.25, 0.3) is 0 Å². The summed E-state index contributed by atoms with van der Waals surface area (Å²) < 4.78 is 11.8. The van der Waals surface area contributed by atoms with Gasteiger partial charge < -0.3 is 0 Å². The van der Waals surface area contributed by atoms with Gasteiger partial charge in [-0.2, -0.15) is 0 Å². The Bertz CT molecular complexity index is 303. The lowest BCUT2D eigenvalue weighted by Gasteiger charge is -2.02. The highest BCUT2D eigenvalue weighted by Gasteiger charge is 2.02. The molecule has 84 valence electrons. The highest BCUT2D eigenvalue weighted by molar-refractivity contribution is 7.85. The second-order valence-corrected chi connectivity index (χ2v) is 5.49. The fraction of sp³-hybridized carbons (Fsp3) is 0.538. The van der Waals surface area contributed by atoms with Gasteiger partial charge in [-0.25, -0.2) is 0 Å². The molecule has 2 heteroatoms. The van der Waals surface area contributed by atoms with Crippen LogP contribution in [0.2, 0.25) is 0 Å². The predicted octanol–water partition coefficient (Wildman–Crippen LogP) is 3.68. The first-order valence-corrected chi connectivity index (χ1v) is 7.01. The van der Waals surface area contributed by atoms with E-state index in [0.717, 1.165) is 17.1 Å². The van der Waals surface area contributed by atoms with Crippen molar-refractivity contribution in [1.82, 2.24) is 0 Å². The van der Waals surface area contributed by atoms with Crippen LogP contribution in [0, 0.1) is 6.92 Å². The maximum atomic E-state index is 11.8. The van der Waals surface area contributed by atoms with E-state index in [-0.39, 0.29) is 0 Å². The van der Waals surface area contributed by atoms with Crippen molar-refractivity contribution in [2.75, 3.05) is 5.75 Å². The molecule has 1 aromatic rings. The third-order valence-electron chi connectivity index (χ3n) is 2.47. The minimum absolute atomic E-state index is 0.795. The molecule has 0 heterocycles. The summed E-state index contributed by atoms with van der Waals surface area (Å²) >= 11 is 0. The molecule has 0 spiro atoms. The van der Waals surface area contributed by atoms with E-state index in [9.17, 15) is 4.21 Å². The van der Waals surface area contributed by atoms with Crippen LogP contribution in [0.4, 0.5) is 0 Å².